The Morgan fingerprint density at radius 1 is 0.231 bits per heavy atom. The van der Waals surface area contributed by atoms with Crippen molar-refractivity contribution in [2.75, 3.05) is 236 Å². The van der Waals surface area contributed by atoms with Gasteiger partial charge in [-0.1, -0.05) is 127 Å². The largest absolute Gasteiger partial charge is 0.379 e. The lowest BCUT2D eigenvalue weighted by molar-refractivity contribution is 0.0310. The Morgan fingerprint density at radius 2 is 0.402 bits per heavy atom. The van der Waals surface area contributed by atoms with Crippen LogP contribution in [0.5, 0.6) is 0 Å². The first-order chi connectivity index (χ1) is 57.4. The van der Waals surface area contributed by atoms with Gasteiger partial charge in [-0.3, -0.25) is 63.0 Å². The zero-order valence-electron chi connectivity index (χ0n) is 67.7. The maximum absolute atomic E-state index is 16.2. The minimum Gasteiger partial charge on any atom is -0.379 e. The van der Waals surface area contributed by atoms with E-state index in [1.807, 2.05) is 188 Å². The summed E-state index contributed by atoms with van der Waals surface area (Å²) in [5, 5.41) is 0. The minimum atomic E-state index is -0.582. The molecule has 0 aromatic heterocycles. The molecule has 6 aliphatic rings. The molecular weight excluding hydrogens is 1480 g/mol. The van der Waals surface area contributed by atoms with E-state index in [-0.39, 0.29) is 74.7 Å². The first kappa shape index (κ1) is 85.2. The molecule has 7 aromatic carbocycles. The zero-order valence-corrected chi connectivity index (χ0v) is 67.7. The molecule has 6 heterocycles. The summed E-state index contributed by atoms with van der Waals surface area (Å²) in [6, 6.07) is 53.9. The molecule has 7 amide bonds. The summed E-state index contributed by atoms with van der Waals surface area (Å²) in [4.78, 5) is 131. The van der Waals surface area contributed by atoms with Crippen LogP contribution in [0.3, 0.4) is 0 Å². The normalized spacial score (nSPS) is 16.9. The number of amides is 7. The summed E-state index contributed by atoms with van der Waals surface area (Å²) >= 11 is 0. The van der Waals surface area contributed by atoms with Gasteiger partial charge in [-0.2, -0.15) is 0 Å². The van der Waals surface area contributed by atoms with Crippen LogP contribution in [0.15, 0.2) is 176 Å². The highest BCUT2D eigenvalue weighted by Crippen LogP contribution is 2.27. The molecule has 0 spiro atoms. The van der Waals surface area contributed by atoms with E-state index in [2.05, 4.69) is 29.4 Å². The lowest BCUT2D eigenvalue weighted by Gasteiger charge is -2.33. The third-order valence-electron chi connectivity index (χ3n) is 23.2. The molecule has 6 aliphatic heterocycles. The van der Waals surface area contributed by atoms with Gasteiger partial charge in [-0.15, -0.1) is 0 Å². The van der Waals surface area contributed by atoms with Crippen LogP contribution >= 0.6 is 0 Å². The van der Waals surface area contributed by atoms with Crippen molar-refractivity contribution in [3.05, 3.63) is 248 Å². The van der Waals surface area contributed by atoms with Gasteiger partial charge >= 0.3 is 0 Å². The van der Waals surface area contributed by atoms with Gasteiger partial charge in [0.05, 0.1) is 79.3 Å². The zero-order chi connectivity index (χ0) is 80.9. The quantitative estimate of drug-likeness (QED) is 0.0430. The van der Waals surface area contributed by atoms with Crippen molar-refractivity contribution in [3.8, 4) is 0 Å². The molecule has 26 heteroatoms. The SMILES string of the molecule is NC(=O)c1ccccc1CN(CCN1CCOCC1)C(=O)c1ccccc1CN(CCN1CCOCC1)C(=O)c1ccccc1CN(CCN1CCOCC1)C(=O)c1ccccc1CN(CCN1CCOCC1)C(=O)c1ccccc1CN(CCN1CCOCC1)C(=O)c1ccccc1CN(CCN1CCOCC1)C(=O)c1ccccc1. The Bertz CT molecular complexity index is 4390. The van der Waals surface area contributed by atoms with E-state index in [0.29, 0.717) is 283 Å². The number of nitrogens with two attached hydrogens (primary N) is 1. The molecule has 26 nitrogen and oxygen atoms in total. The van der Waals surface area contributed by atoms with Crippen molar-refractivity contribution in [3.63, 3.8) is 0 Å². The van der Waals surface area contributed by atoms with E-state index >= 15 is 24.0 Å². The smallest absolute Gasteiger partial charge is 0.254 e. The van der Waals surface area contributed by atoms with Crippen LogP contribution in [0, 0.1) is 0 Å². The lowest BCUT2D eigenvalue weighted by atomic mass is 10.0. The van der Waals surface area contributed by atoms with Gasteiger partial charge in [0.25, 0.3) is 35.4 Å². The number of ether oxygens (including phenoxy) is 6. The maximum Gasteiger partial charge on any atom is 0.254 e. The Hall–Kier alpha value is -9.65. The van der Waals surface area contributed by atoms with Gasteiger partial charge in [0.2, 0.25) is 5.91 Å². The van der Waals surface area contributed by atoms with Crippen LogP contribution in [0.1, 0.15) is 106 Å². The third kappa shape index (κ3) is 24.3. The maximum atomic E-state index is 16.2. The van der Waals surface area contributed by atoms with Gasteiger partial charge in [0.15, 0.2) is 0 Å². The Morgan fingerprint density at radius 3 is 0.607 bits per heavy atom. The molecule has 117 heavy (non-hydrogen) atoms. The fourth-order valence-electron chi connectivity index (χ4n) is 16.1. The van der Waals surface area contributed by atoms with Crippen LogP contribution in [-0.4, -0.2) is 337 Å². The van der Waals surface area contributed by atoms with Crippen LogP contribution in [0.2, 0.25) is 0 Å². The highest BCUT2D eigenvalue weighted by molar-refractivity contribution is 6.01. The van der Waals surface area contributed by atoms with Crippen LogP contribution in [0.4, 0.5) is 0 Å². The number of carbonyl (C=O) groups excluding carboxylic acids is 7. The molecule has 7 aromatic rings. The average molecular weight is 1600 g/mol. The van der Waals surface area contributed by atoms with Crippen molar-refractivity contribution in [2.45, 2.75) is 39.3 Å². The van der Waals surface area contributed by atoms with E-state index in [9.17, 15) is 9.59 Å². The number of nitrogens with zero attached hydrogens (tertiary/aromatic N) is 12. The van der Waals surface area contributed by atoms with Crippen LogP contribution < -0.4 is 5.73 Å². The van der Waals surface area contributed by atoms with E-state index in [1.54, 1.807) is 17.0 Å². The molecule has 0 radical (unpaired) electrons. The first-order valence-corrected chi connectivity index (χ1v) is 41.8. The lowest BCUT2D eigenvalue weighted by Crippen LogP contribution is -2.45. The van der Waals surface area contributed by atoms with Gasteiger partial charge in [0, 0.05) is 235 Å². The van der Waals surface area contributed by atoms with E-state index in [4.69, 9.17) is 34.2 Å². The summed E-state index contributed by atoms with van der Waals surface area (Å²) in [7, 11) is 0. The molecule has 2 N–H and O–H groups in total. The van der Waals surface area contributed by atoms with Crippen molar-refractivity contribution in [2.24, 2.45) is 5.73 Å². The Labute approximate surface area is 688 Å². The van der Waals surface area contributed by atoms with Gasteiger partial charge < -0.3 is 63.6 Å². The summed E-state index contributed by atoms with van der Waals surface area (Å²) in [5.41, 5.74) is 12.9. The Kier molecular flexibility index (Phi) is 32.2. The molecule has 0 bridgehead atoms. The van der Waals surface area contributed by atoms with Gasteiger partial charge in [-0.05, 0) is 81.9 Å². The fourth-order valence-corrected chi connectivity index (χ4v) is 16.1. The molecular formula is C91H115N13O13. The molecule has 0 unspecified atom stereocenters. The van der Waals surface area contributed by atoms with Gasteiger partial charge in [-0.25, -0.2) is 0 Å². The number of primary amides is 1. The molecule has 6 saturated heterocycles. The second-order valence-corrected chi connectivity index (χ2v) is 30.8. The number of benzene rings is 7. The van der Waals surface area contributed by atoms with Crippen molar-refractivity contribution in [1.82, 2.24) is 58.8 Å². The number of morpholine rings is 6. The monoisotopic (exact) mass is 1600 g/mol. The third-order valence-corrected chi connectivity index (χ3v) is 23.2. The number of hydrogen-bond donors (Lipinski definition) is 1. The number of carbonyl (C=O) groups is 7. The summed E-state index contributed by atoms with van der Waals surface area (Å²) in [5.74, 6) is -1.97. The fraction of sp³-hybridized carbons (Fsp3) is 0.462. The van der Waals surface area contributed by atoms with E-state index < -0.39 is 5.91 Å². The number of rotatable bonds is 37. The van der Waals surface area contributed by atoms with Crippen LogP contribution in [-0.2, 0) is 67.7 Å². The van der Waals surface area contributed by atoms with Crippen molar-refractivity contribution >= 4 is 41.4 Å². The second kappa shape index (κ2) is 44.2. The topological polar surface area (TPSA) is 240 Å². The molecule has 0 atom stereocenters. The minimum absolute atomic E-state index is 0.0635. The highest BCUT2D eigenvalue weighted by atomic mass is 16.5. The Balaban J connectivity index is 0.789. The molecule has 0 saturated carbocycles. The molecule has 6 fully saturated rings. The predicted octanol–water partition coefficient (Wildman–Crippen LogP) is 6.63. The predicted molar refractivity (Wildman–Crippen MR) is 446 cm³/mol. The molecule has 622 valence electrons. The highest BCUT2D eigenvalue weighted by Gasteiger charge is 2.33. The van der Waals surface area contributed by atoms with Crippen molar-refractivity contribution < 1.29 is 62.0 Å². The standard InChI is InChI=1S/C91H115N13O13/c92-85(105)79-24-10-4-18-73(79)66-100(37-31-94-44-56-113-57-45-94)87(107)81-26-12-6-20-75(81)68-102(39-33-96-48-60-115-61-49-96)89(109)83-28-14-8-22-77(83)70-104(41-35-98-52-64-117-65-53-98)91(111)84-29-15-9-23-78(84)71-103(40-34-97-50-62-116-63-51-97)90(110)82-27-13-7-21-76(82)69-101(38-32-95-46-58-114-59-47-95)88(108)80-25-11-5-19-74(80)67-99(36-30-93-42-54-112-55-43-93)86(106)72-16-2-1-3-17-72/h1-29H,30-71H2,(H2,92,105). The summed E-state index contributed by atoms with van der Waals surface area (Å²) in [6.45, 7) is 21.6. The van der Waals surface area contributed by atoms with Crippen molar-refractivity contribution in [1.29, 1.82) is 0 Å². The second-order valence-electron chi connectivity index (χ2n) is 30.8. The van der Waals surface area contributed by atoms with Crippen LogP contribution in [0.25, 0.3) is 0 Å². The van der Waals surface area contributed by atoms with Gasteiger partial charge in [0.1, 0.15) is 0 Å². The first-order valence-electron chi connectivity index (χ1n) is 41.8. The van der Waals surface area contributed by atoms with E-state index in [1.165, 1.54) is 0 Å². The molecule has 0 aliphatic carbocycles. The average Bonchev–Trinajstić information content (AvgIpc) is 0.807. The summed E-state index contributed by atoms with van der Waals surface area (Å²) < 4.78 is 34.4. The summed E-state index contributed by atoms with van der Waals surface area (Å²) in [6.07, 6.45) is 0. The molecule has 13 rings (SSSR count). The van der Waals surface area contributed by atoms with E-state index in [0.717, 1.165) is 26.2 Å². The number of hydrogen-bond acceptors (Lipinski definition) is 19.